The number of carbonyl (C=O) groups excluding carboxylic acids is 1. The monoisotopic (exact) mass is 419 g/mol. The molecule has 1 fully saturated rings. The molecule has 3 aliphatic rings. The molecule has 5 nitrogen and oxygen atoms in total. The van der Waals surface area contributed by atoms with E-state index >= 15 is 0 Å². The zero-order valence-corrected chi connectivity index (χ0v) is 18.2. The van der Waals surface area contributed by atoms with E-state index in [9.17, 15) is 9.90 Å². The van der Waals surface area contributed by atoms with Crippen molar-refractivity contribution in [2.45, 2.75) is 45.0 Å². The van der Waals surface area contributed by atoms with Gasteiger partial charge in [0.05, 0.1) is 0 Å². The van der Waals surface area contributed by atoms with E-state index in [1.54, 1.807) is 0 Å². The Kier molecular flexibility index (Phi) is 6.08. The topological polar surface area (TPSA) is 47.0 Å². The van der Waals surface area contributed by atoms with Gasteiger partial charge in [0.2, 0.25) is 0 Å². The number of fused-ring (bicyclic) bond motifs is 2. The molecule has 1 atom stereocenters. The molecule has 31 heavy (non-hydrogen) atoms. The molecule has 1 unspecified atom stereocenters. The van der Waals surface area contributed by atoms with Crippen LogP contribution in [-0.2, 0) is 13.1 Å². The Balaban J connectivity index is 0.999. The lowest BCUT2D eigenvalue weighted by Gasteiger charge is -2.34. The second-order valence-electron chi connectivity index (χ2n) is 9.38. The van der Waals surface area contributed by atoms with Gasteiger partial charge in [0.25, 0.3) is 5.91 Å². The molecule has 5 heteroatoms. The van der Waals surface area contributed by atoms with Gasteiger partial charge < -0.3 is 14.9 Å². The molecule has 164 valence electrons. The van der Waals surface area contributed by atoms with Crippen molar-refractivity contribution in [3.05, 3.63) is 70.8 Å². The summed E-state index contributed by atoms with van der Waals surface area (Å²) in [6.45, 7) is 6.91. The summed E-state index contributed by atoms with van der Waals surface area (Å²) in [5.74, 6) is 0.864. The standard InChI is InChI=1S/C26H33N3O2/c30-25-23-9-3-1-7-21(23)18-28(25)14-6-5-13-27-15-11-20(12-16-27)17-29-19-22-8-2-4-10-24(22)26(29)31/h1-4,7-10,20,26,31H,5-6,11-19H2. The Labute approximate surface area is 185 Å². The van der Waals surface area contributed by atoms with Crippen LogP contribution in [-0.4, -0.2) is 58.4 Å². The van der Waals surface area contributed by atoms with E-state index in [-0.39, 0.29) is 5.91 Å². The van der Waals surface area contributed by atoms with E-state index in [1.807, 2.05) is 29.2 Å². The molecule has 3 heterocycles. The van der Waals surface area contributed by atoms with E-state index < -0.39 is 6.23 Å². The minimum absolute atomic E-state index is 0.197. The lowest BCUT2D eigenvalue weighted by atomic mass is 9.96. The Morgan fingerprint density at radius 3 is 2.35 bits per heavy atom. The number of amides is 1. The van der Waals surface area contributed by atoms with E-state index in [0.717, 1.165) is 69.8 Å². The van der Waals surface area contributed by atoms with Crippen molar-refractivity contribution in [1.82, 2.24) is 14.7 Å². The molecule has 0 aliphatic carbocycles. The van der Waals surface area contributed by atoms with Crippen molar-refractivity contribution in [1.29, 1.82) is 0 Å². The number of unbranched alkanes of at least 4 members (excludes halogenated alkanes) is 1. The van der Waals surface area contributed by atoms with Gasteiger partial charge in [-0.1, -0.05) is 42.5 Å². The maximum Gasteiger partial charge on any atom is 0.254 e. The zero-order chi connectivity index (χ0) is 21.2. The quantitative estimate of drug-likeness (QED) is 0.696. The number of aliphatic hydroxyl groups is 1. The largest absolute Gasteiger partial charge is 0.374 e. The molecular formula is C26H33N3O2. The molecule has 2 aromatic carbocycles. The molecule has 0 bridgehead atoms. The Morgan fingerprint density at radius 2 is 1.58 bits per heavy atom. The van der Waals surface area contributed by atoms with Crippen molar-refractivity contribution >= 4 is 5.91 Å². The molecule has 3 aliphatic heterocycles. The van der Waals surface area contributed by atoms with Crippen LogP contribution < -0.4 is 0 Å². The highest BCUT2D eigenvalue weighted by molar-refractivity contribution is 5.98. The van der Waals surface area contributed by atoms with Gasteiger partial charge >= 0.3 is 0 Å². The SMILES string of the molecule is O=C1c2ccccc2CN1CCCCN1CCC(CN2Cc3ccccc3C2O)CC1. The van der Waals surface area contributed by atoms with Crippen LogP contribution in [0.3, 0.4) is 0 Å². The third kappa shape index (κ3) is 4.40. The number of piperidine rings is 1. The Hall–Kier alpha value is -2.21. The smallest absolute Gasteiger partial charge is 0.254 e. The first-order valence-corrected chi connectivity index (χ1v) is 11.8. The second kappa shape index (κ2) is 9.11. The fourth-order valence-corrected chi connectivity index (χ4v) is 5.45. The van der Waals surface area contributed by atoms with Gasteiger partial charge in [-0.25, -0.2) is 0 Å². The summed E-state index contributed by atoms with van der Waals surface area (Å²) in [4.78, 5) is 19.3. The molecule has 5 rings (SSSR count). The van der Waals surface area contributed by atoms with Gasteiger partial charge in [-0.15, -0.1) is 0 Å². The highest BCUT2D eigenvalue weighted by Gasteiger charge is 2.31. The summed E-state index contributed by atoms with van der Waals surface area (Å²) in [6, 6.07) is 16.2. The van der Waals surface area contributed by atoms with Crippen molar-refractivity contribution in [3.8, 4) is 0 Å². The summed E-state index contributed by atoms with van der Waals surface area (Å²) in [6.07, 6.45) is 4.19. The van der Waals surface area contributed by atoms with E-state index in [2.05, 4.69) is 34.1 Å². The van der Waals surface area contributed by atoms with Crippen molar-refractivity contribution in [2.24, 2.45) is 5.92 Å². The average Bonchev–Trinajstić information content (AvgIpc) is 3.29. The van der Waals surface area contributed by atoms with Crippen LogP contribution in [0, 0.1) is 5.92 Å². The molecule has 0 spiro atoms. The highest BCUT2D eigenvalue weighted by Crippen LogP contribution is 2.33. The predicted octanol–water partition coefficient (Wildman–Crippen LogP) is 3.64. The number of nitrogens with zero attached hydrogens (tertiary/aromatic N) is 3. The van der Waals surface area contributed by atoms with E-state index in [1.165, 1.54) is 24.0 Å². The Bertz CT molecular complexity index is 922. The van der Waals surface area contributed by atoms with Crippen molar-refractivity contribution < 1.29 is 9.90 Å². The molecule has 0 saturated carbocycles. The molecule has 1 amide bonds. The molecule has 1 N–H and O–H groups in total. The van der Waals surface area contributed by atoms with Crippen LogP contribution in [0.4, 0.5) is 0 Å². The summed E-state index contributed by atoms with van der Waals surface area (Å²) in [5.41, 5.74) is 4.41. The van der Waals surface area contributed by atoms with Crippen LogP contribution >= 0.6 is 0 Å². The summed E-state index contributed by atoms with van der Waals surface area (Å²) in [5, 5.41) is 10.6. The summed E-state index contributed by atoms with van der Waals surface area (Å²) in [7, 11) is 0. The highest BCUT2D eigenvalue weighted by atomic mass is 16.3. The molecule has 2 aromatic rings. The number of carbonyl (C=O) groups is 1. The lowest BCUT2D eigenvalue weighted by molar-refractivity contribution is -0.00380. The fraction of sp³-hybridized carbons (Fsp3) is 0.500. The third-order valence-electron chi connectivity index (χ3n) is 7.30. The molecular weight excluding hydrogens is 386 g/mol. The maximum absolute atomic E-state index is 12.5. The second-order valence-corrected chi connectivity index (χ2v) is 9.38. The van der Waals surface area contributed by atoms with Crippen LogP contribution in [0.2, 0.25) is 0 Å². The van der Waals surface area contributed by atoms with E-state index in [0.29, 0.717) is 5.92 Å². The number of aliphatic hydroxyl groups excluding tert-OH is 1. The van der Waals surface area contributed by atoms with Gasteiger partial charge in [-0.3, -0.25) is 9.69 Å². The van der Waals surface area contributed by atoms with Crippen molar-refractivity contribution in [3.63, 3.8) is 0 Å². The number of benzene rings is 2. The van der Waals surface area contributed by atoms with Gasteiger partial charge in [-0.05, 0) is 74.0 Å². The number of hydrogen-bond acceptors (Lipinski definition) is 4. The van der Waals surface area contributed by atoms with Crippen LogP contribution in [0.1, 0.15) is 59.0 Å². The maximum atomic E-state index is 12.5. The normalized spacial score (nSPS) is 22.2. The first-order valence-electron chi connectivity index (χ1n) is 11.8. The third-order valence-corrected chi connectivity index (χ3v) is 7.30. The zero-order valence-electron chi connectivity index (χ0n) is 18.2. The average molecular weight is 420 g/mol. The van der Waals surface area contributed by atoms with Gasteiger partial charge in [0.1, 0.15) is 6.23 Å². The summed E-state index contributed by atoms with van der Waals surface area (Å²) >= 11 is 0. The van der Waals surface area contributed by atoms with Crippen LogP contribution in [0.15, 0.2) is 48.5 Å². The minimum Gasteiger partial charge on any atom is -0.374 e. The fourth-order valence-electron chi connectivity index (χ4n) is 5.45. The number of hydrogen-bond donors (Lipinski definition) is 1. The predicted molar refractivity (Wildman–Crippen MR) is 121 cm³/mol. The van der Waals surface area contributed by atoms with Gasteiger partial charge in [0.15, 0.2) is 0 Å². The van der Waals surface area contributed by atoms with E-state index in [4.69, 9.17) is 0 Å². The van der Waals surface area contributed by atoms with Gasteiger partial charge in [0, 0.05) is 31.7 Å². The first-order chi connectivity index (χ1) is 15.2. The first kappa shape index (κ1) is 20.7. The molecule has 0 radical (unpaired) electrons. The minimum atomic E-state index is -0.436. The lowest BCUT2D eigenvalue weighted by Crippen LogP contribution is -2.39. The van der Waals surface area contributed by atoms with Crippen molar-refractivity contribution in [2.75, 3.05) is 32.7 Å². The van der Waals surface area contributed by atoms with Gasteiger partial charge in [-0.2, -0.15) is 0 Å². The molecule has 1 saturated heterocycles. The summed E-state index contributed by atoms with van der Waals surface area (Å²) < 4.78 is 0. The van der Waals surface area contributed by atoms with Crippen LogP contribution in [0.25, 0.3) is 0 Å². The Morgan fingerprint density at radius 1 is 0.871 bits per heavy atom. The number of rotatable bonds is 7. The molecule has 0 aromatic heterocycles. The van der Waals surface area contributed by atoms with Crippen LogP contribution in [0.5, 0.6) is 0 Å². The number of likely N-dealkylation sites (tertiary alicyclic amines) is 1.